The summed E-state index contributed by atoms with van der Waals surface area (Å²) in [4.78, 5) is 13.8. The van der Waals surface area contributed by atoms with Crippen LogP contribution in [0.15, 0.2) is 42.5 Å². The summed E-state index contributed by atoms with van der Waals surface area (Å²) in [6, 6.07) is 12.1. The molecule has 3 N–H and O–H groups in total. The molecule has 0 atom stereocenters. The third-order valence-corrected chi connectivity index (χ3v) is 3.75. The molecule has 0 fully saturated rings. The largest absolute Gasteiger partial charge is 0.357 e. The van der Waals surface area contributed by atoms with Gasteiger partial charge in [0.25, 0.3) is 5.69 Å². The number of aromatic nitrogens is 1. The van der Waals surface area contributed by atoms with Gasteiger partial charge >= 0.3 is 0 Å². The van der Waals surface area contributed by atoms with Crippen molar-refractivity contribution in [3.8, 4) is 11.1 Å². The number of halogens is 1. The SMILES string of the molecule is NCc1[nH]c2ccc([N+](=O)[O-])cc2c1-c1ccccc1Cl. The number of hydrogen-bond donors (Lipinski definition) is 2. The van der Waals surface area contributed by atoms with Crippen molar-refractivity contribution in [3.63, 3.8) is 0 Å². The number of nitrogens with zero attached hydrogens (tertiary/aromatic N) is 1. The van der Waals surface area contributed by atoms with E-state index in [9.17, 15) is 10.1 Å². The Morgan fingerprint density at radius 1 is 1.24 bits per heavy atom. The molecule has 1 aromatic heterocycles. The number of nitro benzene ring substituents is 1. The minimum absolute atomic E-state index is 0.0402. The molecule has 106 valence electrons. The Hall–Kier alpha value is -2.37. The zero-order valence-corrected chi connectivity index (χ0v) is 11.7. The van der Waals surface area contributed by atoms with Crippen LogP contribution < -0.4 is 5.73 Å². The first-order chi connectivity index (χ1) is 10.1. The smallest absolute Gasteiger partial charge is 0.270 e. The van der Waals surface area contributed by atoms with Crippen LogP contribution in [0.4, 0.5) is 5.69 Å². The van der Waals surface area contributed by atoms with Crippen LogP contribution in [0.3, 0.4) is 0 Å². The summed E-state index contributed by atoms with van der Waals surface area (Å²) in [5.41, 5.74) is 9.07. The molecule has 0 radical (unpaired) electrons. The molecule has 0 aliphatic carbocycles. The second-order valence-corrected chi connectivity index (χ2v) is 5.06. The summed E-state index contributed by atoms with van der Waals surface area (Å²) in [7, 11) is 0. The van der Waals surface area contributed by atoms with Gasteiger partial charge in [-0.15, -0.1) is 0 Å². The average molecular weight is 302 g/mol. The molecule has 1 heterocycles. The number of fused-ring (bicyclic) bond motifs is 1. The van der Waals surface area contributed by atoms with Crippen LogP contribution >= 0.6 is 11.6 Å². The predicted octanol–water partition coefficient (Wildman–Crippen LogP) is 3.86. The van der Waals surface area contributed by atoms with Gasteiger partial charge in [0.1, 0.15) is 0 Å². The van der Waals surface area contributed by atoms with E-state index in [2.05, 4.69) is 4.98 Å². The van der Waals surface area contributed by atoms with Gasteiger partial charge in [0.05, 0.1) is 4.92 Å². The lowest BCUT2D eigenvalue weighted by molar-refractivity contribution is -0.384. The van der Waals surface area contributed by atoms with Crippen molar-refractivity contribution in [1.29, 1.82) is 0 Å². The highest BCUT2D eigenvalue weighted by Gasteiger charge is 2.17. The zero-order valence-electron chi connectivity index (χ0n) is 11.0. The molecule has 0 aliphatic rings. The van der Waals surface area contributed by atoms with Gasteiger partial charge in [0.15, 0.2) is 0 Å². The number of nitrogens with one attached hydrogen (secondary N) is 1. The first-order valence-corrected chi connectivity index (χ1v) is 6.73. The standard InChI is InChI=1S/C15H12ClN3O2/c16-12-4-2-1-3-10(12)15-11-7-9(19(20)21)5-6-13(11)18-14(15)8-17/h1-7,18H,8,17H2. The number of rotatable bonds is 3. The summed E-state index contributed by atoms with van der Waals surface area (Å²) >= 11 is 6.26. The van der Waals surface area contributed by atoms with E-state index in [-0.39, 0.29) is 5.69 Å². The molecule has 3 aromatic rings. The summed E-state index contributed by atoms with van der Waals surface area (Å²) in [6.45, 7) is 0.295. The minimum atomic E-state index is -0.412. The Balaban J connectivity index is 2.36. The Morgan fingerprint density at radius 2 is 2.00 bits per heavy atom. The average Bonchev–Trinajstić information content (AvgIpc) is 2.85. The number of nitro groups is 1. The third kappa shape index (κ3) is 2.26. The molecule has 0 amide bonds. The molecule has 0 saturated heterocycles. The number of aromatic amines is 1. The number of H-pyrrole nitrogens is 1. The summed E-state index contributed by atoms with van der Waals surface area (Å²) < 4.78 is 0. The Morgan fingerprint density at radius 3 is 2.67 bits per heavy atom. The molecule has 0 aliphatic heterocycles. The Labute approximate surface area is 125 Å². The summed E-state index contributed by atoms with van der Waals surface area (Å²) in [6.07, 6.45) is 0. The van der Waals surface area contributed by atoms with Gasteiger partial charge in [0.2, 0.25) is 0 Å². The lowest BCUT2D eigenvalue weighted by atomic mass is 10.0. The fourth-order valence-corrected chi connectivity index (χ4v) is 2.70. The van der Waals surface area contributed by atoms with E-state index < -0.39 is 4.92 Å². The zero-order chi connectivity index (χ0) is 15.0. The molecule has 0 bridgehead atoms. The normalized spacial score (nSPS) is 11.0. The maximum absolute atomic E-state index is 11.0. The van der Waals surface area contributed by atoms with E-state index in [0.29, 0.717) is 11.6 Å². The molecule has 0 unspecified atom stereocenters. The van der Waals surface area contributed by atoms with Crippen molar-refractivity contribution >= 4 is 28.2 Å². The minimum Gasteiger partial charge on any atom is -0.357 e. The second kappa shape index (κ2) is 5.20. The topological polar surface area (TPSA) is 85.0 Å². The van der Waals surface area contributed by atoms with Gasteiger partial charge in [0, 0.05) is 51.4 Å². The van der Waals surface area contributed by atoms with Crippen molar-refractivity contribution in [1.82, 2.24) is 4.98 Å². The van der Waals surface area contributed by atoms with Crippen LogP contribution in [0.2, 0.25) is 5.02 Å². The van der Waals surface area contributed by atoms with Crippen molar-refractivity contribution in [2.24, 2.45) is 5.73 Å². The lowest BCUT2D eigenvalue weighted by Gasteiger charge is -2.05. The number of hydrogen-bond acceptors (Lipinski definition) is 3. The molecule has 5 nitrogen and oxygen atoms in total. The van der Waals surface area contributed by atoms with E-state index >= 15 is 0 Å². The molecule has 21 heavy (non-hydrogen) atoms. The van der Waals surface area contributed by atoms with Crippen LogP contribution in [0.5, 0.6) is 0 Å². The lowest BCUT2D eigenvalue weighted by Crippen LogP contribution is -1.98. The first-order valence-electron chi connectivity index (χ1n) is 6.35. The van der Waals surface area contributed by atoms with Crippen LogP contribution in [0.1, 0.15) is 5.69 Å². The molecular formula is C15H12ClN3O2. The van der Waals surface area contributed by atoms with E-state index in [1.165, 1.54) is 6.07 Å². The van der Waals surface area contributed by atoms with Crippen molar-refractivity contribution < 1.29 is 4.92 Å². The predicted molar refractivity (Wildman–Crippen MR) is 83.3 cm³/mol. The van der Waals surface area contributed by atoms with Gasteiger partial charge in [-0.05, 0) is 12.1 Å². The van der Waals surface area contributed by atoms with Gasteiger partial charge in [-0.25, -0.2) is 0 Å². The molecule has 2 aromatic carbocycles. The van der Waals surface area contributed by atoms with Gasteiger partial charge in [-0.1, -0.05) is 29.8 Å². The number of non-ortho nitro benzene ring substituents is 1. The maximum Gasteiger partial charge on any atom is 0.270 e. The van der Waals surface area contributed by atoms with Crippen LogP contribution in [0.25, 0.3) is 22.0 Å². The van der Waals surface area contributed by atoms with Gasteiger partial charge < -0.3 is 10.7 Å². The number of nitrogens with two attached hydrogens (primary N) is 1. The van der Waals surface area contributed by atoms with Crippen molar-refractivity contribution in [2.45, 2.75) is 6.54 Å². The first kappa shape index (κ1) is 13.6. The third-order valence-electron chi connectivity index (χ3n) is 3.42. The summed E-state index contributed by atoms with van der Waals surface area (Å²) in [5, 5.41) is 12.3. The van der Waals surface area contributed by atoms with Crippen LogP contribution in [-0.4, -0.2) is 9.91 Å². The monoisotopic (exact) mass is 301 g/mol. The van der Waals surface area contributed by atoms with Crippen molar-refractivity contribution in [2.75, 3.05) is 0 Å². The highest BCUT2D eigenvalue weighted by atomic mass is 35.5. The summed E-state index contributed by atoms with van der Waals surface area (Å²) in [5.74, 6) is 0. The Bertz CT molecular complexity index is 842. The quantitative estimate of drug-likeness (QED) is 0.569. The fraction of sp³-hybridized carbons (Fsp3) is 0.0667. The van der Waals surface area contributed by atoms with E-state index in [0.717, 1.165) is 27.7 Å². The van der Waals surface area contributed by atoms with Gasteiger partial charge in [-0.3, -0.25) is 10.1 Å². The van der Waals surface area contributed by atoms with Crippen LogP contribution in [0, 0.1) is 10.1 Å². The van der Waals surface area contributed by atoms with Crippen molar-refractivity contribution in [3.05, 3.63) is 63.3 Å². The molecule has 0 spiro atoms. The van der Waals surface area contributed by atoms with E-state index in [1.807, 2.05) is 18.2 Å². The Kier molecular flexibility index (Phi) is 3.37. The highest BCUT2D eigenvalue weighted by Crippen LogP contribution is 2.37. The van der Waals surface area contributed by atoms with Gasteiger partial charge in [-0.2, -0.15) is 0 Å². The fourth-order valence-electron chi connectivity index (χ4n) is 2.47. The number of benzene rings is 2. The molecule has 0 saturated carbocycles. The van der Waals surface area contributed by atoms with E-state index in [4.69, 9.17) is 17.3 Å². The second-order valence-electron chi connectivity index (χ2n) is 4.65. The van der Waals surface area contributed by atoms with Crippen LogP contribution in [-0.2, 0) is 6.54 Å². The molecule has 6 heteroatoms. The molecule has 3 rings (SSSR count). The molecular weight excluding hydrogens is 290 g/mol. The van der Waals surface area contributed by atoms with E-state index in [1.54, 1.807) is 18.2 Å². The highest BCUT2D eigenvalue weighted by molar-refractivity contribution is 6.33. The maximum atomic E-state index is 11.0.